The highest BCUT2D eigenvalue weighted by Crippen LogP contribution is 2.26. The van der Waals surface area contributed by atoms with Crippen LogP contribution in [0.3, 0.4) is 0 Å². The molecule has 1 fully saturated rings. The quantitative estimate of drug-likeness (QED) is 0.655. The number of nitrogens with zero attached hydrogens (tertiary/aromatic N) is 3. The molecule has 1 saturated heterocycles. The van der Waals surface area contributed by atoms with Crippen LogP contribution in [0.5, 0.6) is 0 Å². The van der Waals surface area contributed by atoms with E-state index in [-0.39, 0.29) is 11.8 Å². The van der Waals surface area contributed by atoms with Crippen LogP contribution in [0.4, 0.5) is 5.95 Å². The third kappa shape index (κ3) is 4.71. The lowest BCUT2D eigenvalue weighted by Crippen LogP contribution is -2.42. The first-order valence-corrected chi connectivity index (χ1v) is 11.3. The minimum Gasteiger partial charge on any atom is -0.355 e. The summed E-state index contributed by atoms with van der Waals surface area (Å²) in [5.74, 6) is 1.32. The molecule has 1 unspecified atom stereocenters. The SMILES string of the molecule is Cc1cc2nc(N3CCC(C(=O)NCC(C)c4ccccc4)CC3)nc(C)c2cc1C. The number of aromatic nitrogens is 2. The summed E-state index contributed by atoms with van der Waals surface area (Å²) in [6, 6.07) is 14.7. The zero-order valence-electron chi connectivity index (χ0n) is 19.0. The van der Waals surface area contributed by atoms with Gasteiger partial charge in [-0.05, 0) is 68.4 Å². The summed E-state index contributed by atoms with van der Waals surface area (Å²) in [5, 5.41) is 4.28. The molecule has 162 valence electrons. The number of aryl methyl sites for hydroxylation is 3. The Hall–Kier alpha value is -2.95. The number of amides is 1. The number of carbonyl (C=O) groups excluding carboxylic acids is 1. The molecule has 0 spiro atoms. The Morgan fingerprint density at radius 1 is 1.06 bits per heavy atom. The average molecular weight is 417 g/mol. The van der Waals surface area contributed by atoms with Crippen LogP contribution in [0.1, 0.15) is 48.1 Å². The molecule has 1 atom stereocenters. The van der Waals surface area contributed by atoms with Gasteiger partial charge in [-0.3, -0.25) is 4.79 Å². The summed E-state index contributed by atoms with van der Waals surface area (Å²) in [6.45, 7) is 10.7. The van der Waals surface area contributed by atoms with Gasteiger partial charge in [-0.2, -0.15) is 0 Å². The van der Waals surface area contributed by atoms with E-state index in [2.05, 4.69) is 62.2 Å². The maximum Gasteiger partial charge on any atom is 0.226 e. The minimum absolute atomic E-state index is 0.0608. The van der Waals surface area contributed by atoms with Gasteiger partial charge in [-0.15, -0.1) is 0 Å². The highest BCUT2D eigenvalue weighted by Gasteiger charge is 2.26. The largest absolute Gasteiger partial charge is 0.355 e. The molecule has 4 rings (SSSR count). The number of fused-ring (bicyclic) bond motifs is 1. The van der Waals surface area contributed by atoms with E-state index in [0.29, 0.717) is 12.5 Å². The summed E-state index contributed by atoms with van der Waals surface area (Å²) in [7, 11) is 0. The molecule has 5 nitrogen and oxygen atoms in total. The monoisotopic (exact) mass is 416 g/mol. The molecular formula is C26H32N4O. The lowest BCUT2D eigenvalue weighted by Gasteiger charge is -2.31. The molecule has 0 aliphatic carbocycles. The Labute approximate surface area is 184 Å². The first-order valence-electron chi connectivity index (χ1n) is 11.3. The molecule has 3 aromatic rings. The molecule has 1 amide bonds. The summed E-state index contributed by atoms with van der Waals surface area (Å²) in [6.07, 6.45) is 1.66. The van der Waals surface area contributed by atoms with Crippen molar-refractivity contribution in [1.29, 1.82) is 0 Å². The number of rotatable bonds is 5. The van der Waals surface area contributed by atoms with E-state index in [9.17, 15) is 4.79 Å². The average Bonchev–Trinajstić information content (AvgIpc) is 2.79. The van der Waals surface area contributed by atoms with Gasteiger partial charge in [-0.1, -0.05) is 37.3 Å². The molecule has 1 aromatic heterocycles. The first-order chi connectivity index (χ1) is 14.9. The second kappa shape index (κ2) is 9.04. The van der Waals surface area contributed by atoms with Crippen molar-refractivity contribution in [3.05, 3.63) is 64.8 Å². The van der Waals surface area contributed by atoms with Gasteiger partial charge in [-0.25, -0.2) is 9.97 Å². The zero-order chi connectivity index (χ0) is 22.0. The molecule has 0 saturated carbocycles. The summed E-state index contributed by atoms with van der Waals surface area (Å²) < 4.78 is 0. The Kier molecular flexibility index (Phi) is 6.21. The smallest absolute Gasteiger partial charge is 0.226 e. The van der Waals surface area contributed by atoms with Gasteiger partial charge < -0.3 is 10.2 Å². The fraction of sp³-hybridized carbons (Fsp3) is 0.423. The number of nitrogens with one attached hydrogen (secondary N) is 1. The van der Waals surface area contributed by atoms with Crippen molar-refractivity contribution in [3.8, 4) is 0 Å². The Morgan fingerprint density at radius 2 is 1.74 bits per heavy atom. The predicted molar refractivity (Wildman–Crippen MR) is 127 cm³/mol. The second-order valence-electron chi connectivity index (χ2n) is 8.88. The Morgan fingerprint density at radius 3 is 2.45 bits per heavy atom. The molecule has 2 heterocycles. The van der Waals surface area contributed by atoms with E-state index in [1.54, 1.807) is 0 Å². The minimum atomic E-state index is 0.0608. The van der Waals surface area contributed by atoms with Crippen LogP contribution in [0.2, 0.25) is 0 Å². The van der Waals surface area contributed by atoms with Gasteiger partial charge in [0, 0.05) is 30.9 Å². The standard InChI is InChI=1S/C26H32N4O/c1-17-14-23-20(4)28-26(29-24(23)15-18(17)2)30-12-10-22(11-13-30)25(31)27-16-19(3)21-8-6-5-7-9-21/h5-9,14-15,19,22H,10-13,16H2,1-4H3,(H,27,31). The number of piperidine rings is 1. The normalized spacial score (nSPS) is 15.8. The van der Waals surface area contributed by atoms with Crippen molar-refractivity contribution in [1.82, 2.24) is 15.3 Å². The number of hydrogen-bond donors (Lipinski definition) is 1. The van der Waals surface area contributed by atoms with E-state index in [0.717, 1.165) is 48.5 Å². The molecule has 1 aliphatic heterocycles. The summed E-state index contributed by atoms with van der Waals surface area (Å²) in [5.41, 5.74) is 5.78. The van der Waals surface area contributed by atoms with Crippen molar-refractivity contribution in [2.45, 2.75) is 46.5 Å². The fourth-order valence-corrected chi connectivity index (χ4v) is 4.31. The van der Waals surface area contributed by atoms with Crippen LogP contribution >= 0.6 is 0 Å². The summed E-state index contributed by atoms with van der Waals surface area (Å²) >= 11 is 0. The van der Waals surface area contributed by atoms with Crippen LogP contribution in [0, 0.1) is 26.7 Å². The molecular weight excluding hydrogens is 384 g/mol. The molecule has 1 aliphatic rings. The Bertz CT molecular complexity index is 1070. The molecule has 31 heavy (non-hydrogen) atoms. The van der Waals surface area contributed by atoms with E-state index < -0.39 is 0 Å². The van der Waals surface area contributed by atoms with Crippen molar-refractivity contribution in [2.75, 3.05) is 24.5 Å². The zero-order valence-corrected chi connectivity index (χ0v) is 19.0. The predicted octanol–water partition coefficient (Wildman–Crippen LogP) is 4.69. The van der Waals surface area contributed by atoms with Crippen LogP contribution in [-0.4, -0.2) is 35.5 Å². The van der Waals surface area contributed by atoms with Crippen LogP contribution in [-0.2, 0) is 4.79 Å². The van der Waals surface area contributed by atoms with Crippen molar-refractivity contribution in [3.63, 3.8) is 0 Å². The highest BCUT2D eigenvalue weighted by molar-refractivity contribution is 5.83. The van der Waals surface area contributed by atoms with E-state index >= 15 is 0 Å². The number of carbonyl (C=O) groups is 1. The van der Waals surface area contributed by atoms with E-state index in [4.69, 9.17) is 9.97 Å². The third-order valence-corrected chi connectivity index (χ3v) is 6.59. The van der Waals surface area contributed by atoms with Crippen molar-refractivity contribution in [2.24, 2.45) is 5.92 Å². The lowest BCUT2D eigenvalue weighted by molar-refractivity contribution is -0.125. The number of hydrogen-bond acceptors (Lipinski definition) is 4. The first kappa shape index (κ1) is 21.3. The summed E-state index contributed by atoms with van der Waals surface area (Å²) in [4.78, 5) is 24.5. The molecule has 0 bridgehead atoms. The maximum absolute atomic E-state index is 12.7. The fourth-order valence-electron chi connectivity index (χ4n) is 4.31. The molecule has 0 radical (unpaired) electrons. The molecule has 5 heteroatoms. The van der Waals surface area contributed by atoms with Gasteiger partial charge in [0.2, 0.25) is 11.9 Å². The van der Waals surface area contributed by atoms with E-state index in [1.165, 1.54) is 16.7 Å². The lowest BCUT2D eigenvalue weighted by atomic mass is 9.95. The van der Waals surface area contributed by atoms with Gasteiger partial charge in [0.15, 0.2) is 0 Å². The number of anilines is 1. The van der Waals surface area contributed by atoms with Gasteiger partial charge >= 0.3 is 0 Å². The van der Waals surface area contributed by atoms with Crippen LogP contribution in [0.15, 0.2) is 42.5 Å². The highest BCUT2D eigenvalue weighted by atomic mass is 16.1. The Balaban J connectivity index is 1.36. The van der Waals surface area contributed by atoms with Crippen molar-refractivity contribution >= 4 is 22.8 Å². The van der Waals surface area contributed by atoms with Crippen LogP contribution < -0.4 is 10.2 Å². The van der Waals surface area contributed by atoms with Gasteiger partial charge in [0.25, 0.3) is 0 Å². The third-order valence-electron chi connectivity index (χ3n) is 6.59. The topological polar surface area (TPSA) is 58.1 Å². The van der Waals surface area contributed by atoms with Gasteiger partial charge in [0.05, 0.1) is 11.2 Å². The molecule has 2 aromatic carbocycles. The van der Waals surface area contributed by atoms with Crippen LogP contribution in [0.25, 0.3) is 10.9 Å². The second-order valence-corrected chi connectivity index (χ2v) is 8.88. The van der Waals surface area contributed by atoms with Gasteiger partial charge in [0.1, 0.15) is 0 Å². The maximum atomic E-state index is 12.7. The molecule has 1 N–H and O–H groups in total. The van der Waals surface area contributed by atoms with E-state index in [1.807, 2.05) is 18.2 Å². The van der Waals surface area contributed by atoms with Crippen molar-refractivity contribution < 1.29 is 4.79 Å². The number of benzene rings is 2.